The number of carbonyl (C=O) groups is 2. The number of nitrogens with two attached hydrogens (primary N) is 1. The first kappa shape index (κ1) is 18.9. The second kappa shape index (κ2) is 7.38. The lowest BCUT2D eigenvalue weighted by Crippen LogP contribution is -2.48. The first-order valence-electron chi connectivity index (χ1n) is 8.42. The Morgan fingerprint density at radius 3 is 2.73 bits per heavy atom. The summed E-state index contributed by atoms with van der Waals surface area (Å²) in [6.45, 7) is 1.32. The van der Waals surface area contributed by atoms with Crippen molar-refractivity contribution in [1.82, 2.24) is 4.90 Å². The van der Waals surface area contributed by atoms with Gasteiger partial charge >= 0.3 is 6.18 Å². The van der Waals surface area contributed by atoms with E-state index in [-0.39, 0.29) is 24.9 Å². The summed E-state index contributed by atoms with van der Waals surface area (Å²) >= 11 is 1.48. The van der Waals surface area contributed by atoms with Gasteiger partial charge in [-0.25, -0.2) is 0 Å². The largest absolute Gasteiger partial charge is 0.416 e. The predicted molar refractivity (Wildman–Crippen MR) is 92.9 cm³/mol. The van der Waals surface area contributed by atoms with Crippen LogP contribution in [0.1, 0.15) is 18.4 Å². The Hall–Kier alpha value is -1.90. The minimum absolute atomic E-state index is 0.000350. The van der Waals surface area contributed by atoms with E-state index >= 15 is 0 Å². The molecule has 0 unspecified atom stereocenters. The quantitative estimate of drug-likeness (QED) is 0.865. The average Bonchev–Trinajstić information content (AvgIpc) is 2.61. The maximum atomic E-state index is 13.0. The molecular weight excluding hydrogens is 367 g/mol. The number of benzene rings is 1. The summed E-state index contributed by atoms with van der Waals surface area (Å²) in [5.74, 6) is -0.257. The van der Waals surface area contributed by atoms with Crippen molar-refractivity contribution in [3.8, 4) is 0 Å². The maximum Gasteiger partial charge on any atom is 0.416 e. The number of hydrogen-bond donors (Lipinski definition) is 1. The Morgan fingerprint density at radius 2 is 2.04 bits per heavy atom. The van der Waals surface area contributed by atoms with Crippen LogP contribution in [-0.2, 0) is 15.8 Å². The first-order valence-corrected chi connectivity index (χ1v) is 9.40. The second-order valence-corrected chi connectivity index (χ2v) is 7.67. The number of halogens is 3. The summed E-state index contributed by atoms with van der Waals surface area (Å²) in [6.07, 6.45) is -3.06. The molecule has 0 saturated carbocycles. The molecule has 0 spiro atoms. The molecule has 2 heterocycles. The number of hydrogen-bond acceptors (Lipinski definition) is 4. The minimum Gasteiger partial charge on any atom is -0.369 e. The molecule has 5 nitrogen and oxygen atoms in total. The van der Waals surface area contributed by atoms with E-state index in [2.05, 4.69) is 0 Å². The molecule has 1 aromatic carbocycles. The Bertz CT molecular complexity index is 711. The maximum absolute atomic E-state index is 13.0. The SMILES string of the molecule is NC(=O)[C@H]1CCCN(C(=O)CN2CCSc3ccc(C(F)(F)F)cc32)C1. The number of primary amides is 1. The molecule has 1 aromatic rings. The van der Waals surface area contributed by atoms with Crippen LogP contribution in [0, 0.1) is 5.92 Å². The normalized spacial score (nSPS) is 20.7. The van der Waals surface area contributed by atoms with E-state index in [0.29, 0.717) is 37.4 Å². The molecule has 2 aliphatic heterocycles. The minimum atomic E-state index is -4.42. The van der Waals surface area contributed by atoms with Gasteiger partial charge in [-0.05, 0) is 31.0 Å². The smallest absolute Gasteiger partial charge is 0.369 e. The molecular formula is C17H20F3N3O2S. The summed E-state index contributed by atoms with van der Waals surface area (Å²) in [7, 11) is 0. The standard InChI is InChI=1S/C17H20F3N3O2S/c18-17(19,20)12-3-4-14-13(8-12)22(6-7-26-14)10-15(24)23-5-1-2-11(9-23)16(21)25/h3-4,8,11H,1-2,5-7,9-10H2,(H2,21,25)/t11-/m0/s1. The molecule has 0 aromatic heterocycles. The van der Waals surface area contributed by atoms with Crippen LogP contribution in [0.3, 0.4) is 0 Å². The number of alkyl halides is 3. The summed E-state index contributed by atoms with van der Waals surface area (Å²) < 4.78 is 39.0. The van der Waals surface area contributed by atoms with Crippen molar-refractivity contribution in [2.45, 2.75) is 23.9 Å². The van der Waals surface area contributed by atoms with E-state index in [1.54, 1.807) is 9.80 Å². The number of likely N-dealkylation sites (tertiary alicyclic amines) is 1. The van der Waals surface area contributed by atoms with Crippen molar-refractivity contribution in [2.24, 2.45) is 11.7 Å². The van der Waals surface area contributed by atoms with Gasteiger partial charge in [0.1, 0.15) is 0 Å². The van der Waals surface area contributed by atoms with Crippen LogP contribution in [0.4, 0.5) is 18.9 Å². The molecule has 2 N–H and O–H groups in total. The predicted octanol–water partition coefficient (Wildman–Crippen LogP) is 2.34. The zero-order chi connectivity index (χ0) is 18.9. The first-order chi connectivity index (χ1) is 12.3. The van der Waals surface area contributed by atoms with Crippen molar-refractivity contribution in [3.63, 3.8) is 0 Å². The van der Waals surface area contributed by atoms with Crippen LogP contribution in [0.5, 0.6) is 0 Å². The van der Waals surface area contributed by atoms with Gasteiger partial charge in [-0.15, -0.1) is 11.8 Å². The van der Waals surface area contributed by atoms with Gasteiger partial charge in [0.15, 0.2) is 0 Å². The van der Waals surface area contributed by atoms with Gasteiger partial charge in [0.25, 0.3) is 0 Å². The molecule has 1 fully saturated rings. The number of carbonyl (C=O) groups excluding carboxylic acids is 2. The number of piperidine rings is 1. The molecule has 0 aliphatic carbocycles. The molecule has 26 heavy (non-hydrogen) atoms. The fraction of sp³-hybridized carbons (Fsp3) is 0.529. The highest BCUT2D eigenvalue weighted by Gasteiger charge is 2.33. The summed E-state index contributed by atoms with van der Waals surface area (Å²) in [5.41, 5.74) is 5.06. The Kier molecular flexibility index (Phi) is 5.36. The summed E-state index contributed by atoms with van der Waals surface area (Å²) in [6, 6.07) is 3.64. The topological polar surface area (TPSA) is 66.6 Å². The molecule has 1 atom stereocenters. The highest BCUT2D eigenvalue weighted by atomic mass is 32.2. The Balaban J connectivity index is 1.75. The Morgan fingerprint density at radius 1 is 1.27 bits per heavy atom. The monoisotopic (exact) mass is 387 g/mol. The number of nitrogens with zero attached hydrogens (tertiary/aromatic N) is 2. The number of thioether (sulfide) groups is 1. The third-order valence-corrected chi connectivity index (χ3v) is 5.79. The molecule has 2 aliphatic rings. The molecule has 2 amide bonds. The van der Waals surface area contributed by atoms with Gasteiger partial charge in [-0.1, -0.05) is 0 Å². The van der Waals surface area contributed by atoms with Crippen molar-refractivity contribution < 1.29 is 22.8 Å². The van der Waals surface area contributed by atoms with Crippen LogP contribution in [0.15, 0.2) is 23.1 Å². The summed E-state index contributed by atoms with van der Waals surface area (Å²) in [5, 5.41) is 0. The zero-order valence-electron chi connectivity index (χ0n) is 14.1. The van der Waals surface area contributed by atoms with Crippen molar-refractivity contribution >= 4 is 29.3 Å². The fourth-order valence-electron chi connectivity index (χ4n) is 3.31. The number of amides is 2. The lowest BCUT2D eigenvalue weighted by molar-refractivity contribution is -0.137. The van der Waals surface area contributed by atoms with Crippen molar-refractivity contribution in [3.05, 3.63) is 23.8 Å². The number of anilines is 1. The van der Waals surface area contributed by atoms with Gasteiger partial charge < -0.3 is 15.5 Å². The highest BCUT2D eigenvalue weighted by Crippen LogP contribution is 2.39. The highest BCUT2D eigenvalue weighted by molar-refractivity contribution is 7.99. The van der Waals surface area contributed by atoms with E-state index in [0.717, 1.165) is 17.0 Å². The molecule has 9 heteroatoms. The van der Waals surface area contributed by atoms with E-state index in [4.69, 9.17) is 5.73 Å². The average molecular weight is 387 g/mol. The van der Waals surface area contributed by atoms with Crippen LogP contribution in [0.25, 0.3) is 0 Å². The Labute approximate surface area is 153 Å². The van der Waals surface area contributed by atoms with Crippen molar-refractivity contribution in [1.29, 1.82) is 0 Å². The second-order valence-electron chi connectivity index (χ2n) is 6.53. The number of fused-ring (bicyclic) bond motifs is 1. The molecule has 1 saturated heterocycles. The van der Waals surface area contributed by atoms with E-state index in [1.807, 2.05) is 0 Å². The molecule has 0 radical (unpaired) electrons. The van der Waals surface area contributed by atoms with Gasteiger partial charge in [0.2, 0.25) is 11.8 Å². The molecule has 142 valence electrons. The van der Waals surface area contributed by atoms with E-state index in [1.165, 1.54) is 17.8 Å². The van der Waals surface area contributed by atoms with Crippen LogP contribution < -0.4 is 10.6 Å². The van der Waals surface area contributed by atoms with Crippen LogP contribution in [-0.4, -0.2) is 48.6 Å². The summed E-state index contributed by atoms with van der Waals surface area (Å²) in [4.78, 5) is 28.0. The van der Waals surface area contributed by atoms with E-state index < -0.39 is 17.6 Å². The fourth-order valence-corrected chi connectivity index (χ4v) is 4.34. The van der Waals surface area contributed by atoms with Crippen LogP contribution in [0.2, 0.25) is 0 Å². The van der Waals surface area contributed by atoms with Gasteiger partial charge in [-0.2, -0.15) is 13.2 Å². The third kappa shape index (κ3) is 4.08. The van der Waals surface area contributed by atoms with Gasteiger partial charge in [-0.3, -0.25) is 9.59 Å². The van der Waals surface area contributed by atoms with Gasteiger partial charge in [0, 0.05) is 30.3 Å². The molecule has 0 bridgehead atoms. The lowest BCUT2D eigenvalue weighted by atomic mass is 9.97. The van der Waals surface area contributed by atoms with Gasteiger partial charge in [0.05, 0.1) is 23.7 Å². The van der Waals surface area contributed by atoms with Crippen LogP contribution >= 0.6 is 11.8 Å². The zero-order valence-corrected chi connectivity index (χ0v) is 14.9. The third-order valence-electron chi connectivity index (χ3n) is 4.75. The molecule has 3 rings (SSSR count). The number of rotatable bonds is 3. The van der Waals surface area contributed by atoms with E-state index in [9.17, 15) is 22.8 Å². The lowest BCUT2D eigenvalue weighted by Gasteiger charge is -2.35. The van der Waals surface area contributed by atoms with Crippen molar-refractivity contribution in [2.75, 3.05) is 36.8 Å².